The van der Waals surface area contributed by atoms with E-state index in [9.17, 15) is 9.90 Å². The number of carbonyl (C=O) groups is 1. The molecule has 2 aromatic rings. The second-order valence-electron chi connectivity index (χ2n) is 7.47. The standard InChI is InChI=1S/C21H25N3O2/c22-19-11-10-15(14-23-19)20(25)24-13-12-21(26,16-6-2-1-3-7-16)17-8-4-5-9-18(17)24/h1-3,6-7,10-11,14,17-18,26H,4-5,8-9,12-13H2,(H2,22,23)/t17-,18-,21?/m0/s1. The van der Waals surface area contributed by atoms with Gasteiger partial charge in [0.25, 0.3) is 5.91 Å². The highest BCUT2D eigenvalue weighted by Gasteiger charge is 2.50. The Morgan fingerprint density at radius 3 is 2.65 bits per heavy atom. The van der Waals surface area contributed by atoms with Crippen molar-refractivity contribution in [1.82, 2.24) is 9.88 Å². The van der Waals surface area contributed by atoms with E-state index in [1.54, 1.807) is 18.3 Å². The molecule has 1 amide bonds. The van der Waals surface area contributed by atoms with Crippen molar-refractivity contribution in [3.8, 4) is 0 Å². The molecule has 1 aromatic heterocycles. The zero-order chi connectivity index (χ0) is 18.1. The Hall–Kier alpha value is -2.40. The van der Waals surface area contributed by atoms with Crippen LogP contribution in [-0.2, 0) is 5.60 Å². The number of nitrogens with zero attached hydrogens (tertiary/aromatic N) is 2. The van der Waals surface area contributed by atoms with Crippen molar-refractivity contribution < 1.29 is 9.90 Å². The minimum atomic E-state index is -0.859. The second kappa shape index (κ2) is 6.72. The number of piperidine rings is 1. The minimum absolute atomic E-state index is 0.00971. The first-order valence-electron chi connectivity index (χ1n) is 9.40. The molecule has 3 atom stereocenters. The predicted octanol–water partition coefficient (Wildman–Crippen LogP) is 2.96. The van der Waals surface area contributed by atoms with Crippen LogP contribution < -0.4 is 5.73 Å². The van der Waals surface area contributed by atoms with Crippen molar-refractivity contribution in [3.63, 3.8) is 0 Å². The van der Waals surface area contributed by atoms with Gasteiger partial charge in [-0.05, 0) is 37.0 Å². The van der Waals surface area contributed by atoms with Crippen LogP contribution in [0.3, 0.4) is 0 Å². The number of aromatic nitrogens is 1. The van der Waals surface area contributed by atoms with Gasteiger partial charge in [0.2, 0.25) is 0 Å². The molecular weight excluding hydrogens is 326 g/mol. The summed E-state index contributed by atoms with van der Waals surface area (Å²) in [4.78, 5) is 19.1. The number of nitrogens with two attached hydrogens (primary N) is 1. The van der Waals surface area contributed by atoms with Gasteiger partial charge in [0.1, 0.15) is 5.82 Å². The fraction of sp³-hybridized carbons (Fsp3) is 0.429. The molecule has 3 N–H and O–H groups in total. The maximum Gasteiger partial charge on any atom is 0.255 e. The van der Waals surface area contributed by atoms with Gasteiger partial charge >= 0.3 is 0 Å². The molecule has 4 rings (SSSR count). The van der Waals surface area contributed by atoms with Crippen molar-refractivity contribution in [2.24, 2.45) is 5.92 Å². The molecule has 2 fully saturated rings. The van der Waals surface area contributed by atoms with E-state index in [4.69, 9.17) is 5.73 Å². The number of hydrogen-bond acceptors (Lipinski definition) is 4. The zero-order valence-electron chi connectivity index (χ0n) is 14.8. The van der Waals surface area contributed by atoms with Gasteiger partial charge in [0.05, 0.1) is 11.2 Å². The summed E-state index contributed by atoms with van der Waals surface area (Å²) in [6, 6.07) is 13.4. The maximum absolute atomic E-state index is 13.1. The van der Waals surface area contributed by atoms with Crippen molar-refractivity contribution in [3.05, 3.63) is 59.8 Å². The van der Waals surface area contributed by atoms with Gasteiger partial charge in [-0.3, -0.25) is 4.79 Å². The Morgan fingerprint density at radius 2 is 1.92 bits per heavy atom. The lowest BCUT2D eigenvalue weighted by Gasteiger charge is -2.52. The predicted molar refractivity (Wildman–Crippen MR) is 100 cm³/mol. The average Bonchev–Trinajstić information content (AvgIpc) is 2.69. The summed E-state index contributed by atoms with van der Waals surface area (Å²) >= 11 is 0. The molecule has 1 aliphatic carbocycles. The third-order valence-electron chi connectivity index (χ3n) is 6.04. The molecule has 1 unspecified atom stereocenters. The topological polar surface area (TPSA) is 79.5 Å². The maximum atomic E-state index is 13.1. The van der Waals surface area contributed by atoms with Crippen LogP contribution in [-0.4, -0.2) is 33.5 Å². The molecule has 5 nitrogen and oxygen atoms in total. The van der Waals surface area contributed by atoms with Gasteiger partial charge in [-0.15, -0.1) is 0 Å². The third-order valence-corrected chi connectivity index (χ3v) is 6.04. The Bertz CT molecular complexity index is 778. The normalized spacial score (nSPS) is 28.4. The highest BCUT2D eigenvalue weighted by atomic mass is 16.3. The van der Waals surface area contributed by atoms with Crippen molar-refractivity contribution >= 4 is 11.7 Å². The van der Waals surface area contributed by atoms with Crippen LogP contribution in [0.4, 0.5) is 5.82 Å². The average molecular weight is 351 g/mol. The van der Waals surface area contributed by atoms with E-state index >= 15 is 0 Å². The summed E-state index contributed by atoms with van der Waals surface area (Å²) in [5.41, 5.74) is 6.32. The number of amides is 1. The molecule has 5 heteroatoms. The molecule has 1 saturated heterocycles. The number of likely N-dealkylation sites (tertiary alicyclic amines) is 1. The minimum Gasteiger partial charge on any atom is -0.385 e. The van der Waals surface area contributed by atoms with E-state index in [1.165, 1.54) is 0 Å². The quantitative estimate of drug-likeness (QED) is 0.872. The Balaban J connectivity index is 1.64. The Kier molecular flexibility index (Phi) is 4.41. The van der Waals surface area contributed by atoms with Gasteiger partial charge in [0.15, 0.2) is 0 Å². The molecule has 0 radical (unpaired) electrons. The van der Waals surface area contributed by atoms with Gasteiger partial charge in [-0.25, -0.2) is 4.98 Å². The van der Waals surface area contributed by atoms with Gasteiger partial charge in [0, 0.05) is 24.7 Å². The summed E-state index contributed by atoms with van der Waals surface area (Å²) in [6.45, 7) is 0.551. The highest BCUT2D eigenvalue weighted by Crippen LogP contribution is 2.47. The monoisotopic (exact) mass is 351 g/mol. The zero-order valence-corrected chi connectivity index (χ0v) is 14.8. The molecule has 0 bridgehead atoms. The molecule has 1 aromatic carbocycles. The molecular formula is C21H25N3O2. The second-order valence-corrected chi connectivity index (χ2v) is 7.47. The number of rotatable bonds is 2. The SMILES string of the molecule is Nc1ccc(C(=O)N2CCC(O)(c3ccccc3)[C@H]3CCCC[C@@H]32)cn1. The van der Waals surface area contributed by atoms with Gasteiger partial charge in [-0.2, -0.15) is 0 Å². The number of hydrogen-bond donors (Lipinski definition) is 2. The summed E-state index contributed by atoms with van der Waals surface area (Å²) < 4.78 is 0. The molecule has 2 heterocycles. The van der Waals surface area contributed by atoms with Crippen LogP contribution >= 0.6 is 0 Å². The lowest BCUT2D eigenvalue weighted by Crippen LogP contribution is -2.59. The lowest BCUT2D eigenvalue weighted by molar-refractivity contribution is -0.110. The van der Waals surface area contributed by atoms with Gasteiger partial charge < -0.3 is 15.7 Å². The molecule has 1 aliphatic heterocycles. The van der Waals surface area contributed by atoms with Crippen molar-refractivity contribution in [1.29, 1.82) is 0 Å². The van der Waals surface area contributed by atoms with E-state index in [0.29, 0.717) is 24.3 Å². The molecule has 1 saturated carbocycles. The number of aliphatic hydroxyl groups is 1. The van der Waals surface area contributed by atoms with E-state index in [1.807, 2.05) is 35.2 Å². The molecule has 26 heavy (non-hydrogen) atoms. The van der Waals surface area contributed by atoms with Crippen LogP contribution in [0.5, 0.6) is 0 Å². The third kappa shape index (κ3) is 2.86. The largest absolute Gasteiger partial charge is 0.385 e. The Morgan fingerprint density at radius 1 is 1.15 bits per heavy atom. The van der Waals surface area contributed by atoms with Crippen molar-refractivity contribution in [2.75, 3.05) is 12.3 Å². The fourth-order valence-electron chi connectivity index (χ4n) is 4.72. The fourth-order valence-corrected chi connectivity index (χ4v) is 4.72. The summed E-state index contributed by atoms with van der Waals surface area (Å²) in [7, 11) is 0. The van der Waals surface area contributed by atoms with E-state index in [0.717, 1.165) is 31.2 Å². The number of fused-ring (bicyclic) bond motifs is 1. The summed E-state index contributed by atoms with van der Waals surface area (Å²) in [5, 5.41) is 11.6. The first-order chi connectivity index (χ1) is 12.6. The molecule has 0 spiro atoms. The van der Waals surface area contributed by atoms with E-state index in [-0.39, 0.29) is 17.9 Å². The number of anilines is 1. The van der Waals surface area contributed by atoms with Crippen LogP contribution in [0.2, 0.25) is 0 Å². The van der Waals surface area contributed by atoms with Crippen LogP contribution in [0, 0.1) is 5.92 Å². The van der Waals surface area contributed by atoms with Crippen LogP contribution in [0.1, 0.15) is 48.0 Å². The number of pyridine rings is 1. The van der Waals surface area contributed by atoms with Crippen molar-refractivity contribution in [2.45, 2.75) is 43.7 Å². The first kappa shape index (κ1) is 17.0. The van der Waals surface area contributed by atoms with E-state index < -0.39 is 5.60 Å². The highest BCUT2D eigenvalue weighted by molar-refractivity contribution is 5.94. The number of nitrogen functional groups attached to an aromatic ring is 1. The number of carbonyl (C=O) groups excluding carboxylic acids is 1. The molecule has 2 aliphatic rings. The Labute approximate surface area is 153 Å². The van der Waals surface area contributed by atoms with Gasteiger partial charge in [-0.1, -0.05) is 43.2 Å². The molecule has 136 valence electrons. The smallest absolute Gasteiger partial charge is 0.255 e. The van der Waals surface area contributed by atoms with Crippen LogP contribution in [0.15, 0.2) is 48.7 Å². The lowest BCUT2D eigenvalue weighted by atomic mass is 9.66. The summed E-state index contributed by atoms with van der Waals surface area (Å²) in [6.07, 6.45) is 6.19. The number of benzene rings is 1. The van der Waals surface area contributed by atoms with Crippen LogP contribution in [0.25, 0.3) is 0 Å². The summed E-state index contributed by atoms with van der Waals surface area (Å²) in [5.74, 6) is 0.469. The first-order valence-corrected chi connectivity index (χ1v) is 9.40. The van der Waals surface area contributed by atoms with E-state index in [2.05, 4.69) is 4.98 Å².